The van der Waals surface area contributed by atoms with Crippen LogP contribution in [0.2, 0.25) is 0 Å². The average Bonchev–Trinajstić information content (AvgIpc) is 1.99. The minimum Gasteiger partial charge on any atom is -0.411 e. The third-order valence-corrected chi connectivity index (χ3v) is 1.74. The van der Waals surface area contributed by atoms with E-state index in [-0.39, 0.29) is 5.54 Å². The molecule has 0 unspecified atom stereocenters. The van der Waals surface area contributed by atoms with Gasteiger partial charge >= 0.3 is 0 Å². The van der Waals surface area contributed by atoms with Crippen molar-refractivity contribution in [2.45, 2.75) is 26.3 Å². The molecule has 0 fully saturated rings. The Hall–Kier alpha value is -0.830. The van der Waals surface area contributed by atoms with Gasteiger partial charge in [-0.3, -0.25) is 0 Å². The van der Waals surface area contributed by atoms with Gasteiger partial charge in [0, 0.05) is 6.54 Å². The van der Waals surface area contributed by atoms with E-state index in [1.54, 1.807) is 13.0 Å². The fraction of sp³-hybridized carbons (Fsp3) is 0.625. The van der Waals surface area contributed by atoms with Crippen LogP contribution < -0.4 is 5.32 Å². The fourth-order valence-electron chi connectivity index (χ4n) is 0.580. The quantitative estimate of drug-likeness (QED) is 0.279. The van der Waals surface area contributed by atoms with Crippen LogP contribution in [0.25, 0.3) is 0 Å². The van der Waals surface area contributed by atoms with Crippen LogP contribution in [0, 0.1) is 0 Å². The van der Waals surface area contributed by atoms with Crippen LogP contribution in [-0.4, -0.2) is 23.0 Å². The van der Waals surface area contributed by atoms with Crippen LogP contribution in [-0.2, 0) is 0 Å². The number of nitrogens with one attached hydrogen (secondary N) is 1. The van der Waals surface area contributed by atoms with Gasteiger partial charge in [0.15, 0.2) is 0 Å². The lowest BCUT2D eigenvalue weighted by atomic mass is 10.00. The molecule has 3 heteroatoms. The average molecular weight is 156 g/mol. The first kappa shape index (κ1) is 10.2. The summed E-state index contributed by atoms with van der Waals surface area (Å²) in [6.45, 7) is 9.97. The highest BCUT2D eigenvalue weighted by Crippen LogP contribution is 2.03. The van der Waals surface area contributed by atoms with E-state index in [2.05, 4.69) is 17.1 Å². The summed E-state index contributed by atoms with van der Waals surface area (Å²) in [4.78, 5) is 0. The van der Waals surface area contributed by atoms with Crippen molar-refractivity contribution in [1.82, 2.24) is 5.32 Å². The Morgan fingerprint density at radius 1 is 1.73 bits per heavy atom. The first-order chi connectivity index (χ1) is 5.04. The van der Waals surface area contributed by atoms with E-state index in [9.17, 15) is 0 Å². The SMILES string of the molecule is C=CCNC(C)(C)C(C)=NO. The van der Waals surface area contributed by atoms with Crippen molar-refractivity contribution in [3.8, 4) is 0 Å². The lowest BCUT2D eigenvalue weighted by Gasteiger charge is -2.24. The highest BCUT2D eigenvalue weighted by atomic mass is 16.4. The summed E-state index contributed by atoms with van der Waals surface area (Å²) in [5, 5.41) is 14.8. The van der Waals surface area contributed by atoms with E-state index >= 15 is 0 Å². The topological polar surface area (TPSA) is 44.6 Å². The molecule has 0 rings (SSSR count). The van der Waals surface area contributed by atoms with Crippen LogP contribution in [0.3, 0.4) is 0 Å². The summed E-state index contributed by atoms with van der Waals surface area (Å²) in [7, 11) is 0. The standard InChI is InChI=1S/C8H16N2O/c1-5-6-9-8(3,4)7(2)10-11/h5,9,11H,1,6H2,2-4H3. The molecule has 0 aliphatic carbocycles. The molecule has 0 radical (unpaired) electrons. The van der Waals surface area contributed by atoms with E-state index in [4.69, 9.17) is 5.21 Å². The van der Waals surface area contributed by atoms with Gasteiger partial charge in [0.2, 0.25) is 0 Å². The smallest absolute Gasteiger partial charge is 0.0734 e. The first-order valence-electron chi connectivity index (χ1n) is 3.59. The number of hydrogen-bond acceptors (Lipinski definition) is 3. The molecule has 11 heavy (non-hydrogen) atoms. The van der Waals surface area contributed by atoms with Gasteiger partial charge in [-0.1, -0.05) is 11.2 Å². The normalized spacial score (nSPS) is 13.2. The second-order valence-electron chi connectivity index (χ2n) is 2.98. The predicted molar refractivity (Wildman–Crippen MR) is 47.2 cm³/mol. The summed E-state index contributed by atoms with van der Waals surface area (Å²) < 4.78 is 0. The molecular formula is C8H16N2O. The van der Waals surface area contributed by atoms with Gasteiger partial charge in [-0.15, -0.1) is 6.58 Å². The summed E-state index contributed by atoms with van der Waals surface area (Å²) in [5.41, 5.74) is 0.405. The van der Waals surface area contributed by atoms with E-state index in [1.807, 2.05) is 13.8 Å². The minimum absolute atomic E-state index is 0.261. The summed E-state index contributed by atoms with van der Waals surface area (Å²) in [6, 6.07) is 0. The molecule has 0 aliphatic heterocycles. The molecule has 0 aromatic heterocycles. The Morgan fingerprint density at radius 3 is 2.64 bits per heavy atom. The molecule has 0 saturated heterocycles. The lowest BCUT2D eigenvalue weighted by Crippen LogP contribution is -2.45. The maximum Gasteiger partial charge on any atom is 0.0734 e. The van der Waals surface area contributed by atoms with Gasteiger partial charge in [-0.2, -0.15) is 0 Å². The molecule has 0 spiro atoms. The predicted octanol–water partition coefficient (Wildman–Crippen LogP) is 1.39. The van der Waals surface area contributed by atoms with Crippen molar-refractivity contribution in [3.63, 3.8) is 0 Å². The Bertz CT molecular complexity index is 161. The number of oxime groups is 1. The van der Waals surface area contributed by atoms with E-state index in [0.717, 1.165) is 0 Å². The van der Waals surface area contributed by atoms with Crippen LogP contribution in [0.4, 0.5) is 0 Å². The number of rotatable bonds is 4. The van der Waals surface area contributed by atoms with Crippen molar-refractivity contribution in [2.75, 3.05) is 6.54 Å². The van der Waals surface area contributed by atoms with Gasteiger partial charge < -0.3 is 10.5 Å². The van der Waals surface area contributed by atoms with Gasteiger partial charge in [0.1, 0.15) is 0 Å². The fourth-order valence-corrected chi connectivity index (χ4v) is 0.580. The lowest BCUT2D eigenvalue weighted by molar-refractivity contribution is 0.311. The minimum atomic E-state index is -0.261. The second kappa shape index (κ2) is 4.13. The van der Waals surface area contributed by atoms with Crippen molar-refractivity contribution < 1.29 is 5.21 Å². The maximum absolute atomic E-state index is 8.49. The van der Waals surface area contributed by atoms with Crippen molar-refractivity contribution in [1.29, 1.82) is 0 Å². The van der Waals surface area contributed by atoms with Crippen LogP contribution >= 0.6 is 0 Å². The van der Waals surface area contributed by atoms with Gasteiger partial charge in [0.25, 0.3) is 0 Å². The molecule has 0 saturated carbocycles. The zero-order chi connectivity index (χ0) is 8.91. The maximum atomic E-state index is 8.49. The van der Waals surface area contributed by atoms with Crippen LogP contribution in [0.5, 0.6) is 0 Å². The molecular weight excluding hydrogens is 140 g/mol. The van der Waals surface area contributed by atoms with E-state index < -0.39 is 0 Å². The highest BCUT2D eigenvalue weighted by molar-refractivity contribution is 5.90. The summed E-state index contributed by atoms with van der Waals surface area (Å²) >= 11 is 0. The largest absolute Gasteiger partial charge is 0.411 e. The summed E-state index contributed by atoms with van der Waals surface area (Å²) in [6.07, 6.45) is 1.77. The van der Waals surface area contributed by atoms with Crippen molar-refractivity contribution in [2.24, 2.45) is 5.16 Å². The molecule has 64 valence electrons. The first-order valence-corrected chi connectivity index (χ1v) is 3.59. The molecule has 3 nitrogen and oxygen atoms in total. The van der Waals surface area contributed by atoms with Gasteiger partial charge in [-0.05, 0) is 20.8 Å². The third kappa shape index (κ3) is 3.18. The number of hydrogen-bond donors (Lipinski definition) is 2. The van der Waals surface area contributed by atoms with Crippen molar-refractivity contribution >= 4 is 5.71 Å². The van der Waals surface area contributed by atoms with Gasteiger partial charge in [-0.25, -0.2) is 0 Å². The Balaban J connectivity index is 4.09. The van der Waals surface area contributed by atoms with E-state index in [0.29, 0.717) is 12.3 Å². The molecule has 0 aromatic carbocycles. The number of nitrogens with zero attached hydrogens (tertiary/aromatic N) is 1. The van der Waals surface area contributed by atoms with Crippen molar-refractivity contribution in [3.05, 3.63) is 12.7 Å². The zero-order valence-electron chi connectivity index (χ0n) is 7.39. The van der Waals surface area contributed by atoms with Crippen LogP contribution in [0.15, 0.2) is 17.8 Å². The summed E-state index contributed by atoms with van der Waals surface area (Å²) in [5.74, 6) is 0. The Labute approximate surface area is 67.8 Å². The van der Waals surface area contributed by atoms with Crippen LogP contribution in [0.1, 0.15) is 20.8 Å². The zero-order valence-corrected chi connectivity index (χ0v) is 7.39. The third-order valence-electron chi connectivity index (χ3n) is 1.74. The molecule has 0 aromatic rings. The molecule has 0 atom stereocenters. The molecule has 2 N–H and O–H groups in total. The molecule has 0 bridgehead atoms. The highest BCUT2D eigenvalue weighted by Gasteiger charge is 2.19. The molecule has 0 heterocycles. The van der Waals surface area contributed by atoms with E-state index in [1.165, 1.54) is 0 Å². The molecule has 0 amide bonds. The molecule has 0 aliphatic rings. The second-order valence-corrected chi connectivity index (χ2v) is 2.98. The monoisotopic (exact) mass is 156 g/mol. The Morgan fingerprint density at radius 2 is 2.27 bits per heavy atom. The van der Waals surface area contributed by atoms with Gasteiger partial charge in [0.05, 0.1) is 11.3 Å². The Kier molecular flexibility index (Phi) is 3.82.